The number of nitrogens with one attached hydrogen (secondary N) is 1. The molecule has 1 aliphatic rings. The lowest BCUT2D eigenvalue weighted by atomic mass is 10.0. The summed E-state index contributed by atoms with van der Waals surface area (Å²) in [6.45, 7) is 0.769. The van der Waals surface area contributed by atoms with Crippen molar-refractivity contribution in [3.63, 3.8) is 0 Å². The molecule has 0 saturated carbocycles. The molecule has 1 fully saturated rings. The number of likely N-dealkylation sites (tertiary alicyclic amines) is 1. The Morgan fingerprint density at radius 3 is 3.04 bits per heavy atom. The van der Waals surface area contributed by atoms with Gasteiger partial charge in [0.2, 0.25) is 0 Å². The second-order valence-corrected chi connectivity index (χ2v) is 6.07. The van der Waals surface area contributed by atoms with Crippen LogP contribution in [0, 0.1) is 0 Å². The maximum absolute atomic E-state index is 13.1. The summed E-state index contributed by atoms with van der Waals surface area (Å²) in [5.74, 6) is 0.873. The Labute approximate surface area is 140 Å². The molecular weight excluding hydrogens is 302 g/mol. The molecule has 3 aromatic rings. The van der Waals surface area contributed by atoms with Gasteiger partial charge in [0.25, 0.3) is 5.91 Å². The van der Waals surface area contributed by atoms with E-state index in [1.54, 1.807) is 13.3 Å². The van der Waals surface area contributed by atoms with Gasteiger partial charge in [-0.3, -0.25) is 9.89 Å². The lowest BCUT2D eigenvalue weighted by Gasteiger charge is -2.25. The standard InChI is InChI=1S/C19H19N3O2/c1-24-15-7-2-5-13(11-15)17-9-4-10-22(17)19(23)16-8-3-6-14-12-20-21-18(14)16/h2-3,5-8,11-12,17H,4,9-10H2,1H3,(H,20,21)/t17-/m0/s1. The van der Waals surface area contributed by atoms with E-state index in [0.717, 1.165) is 41.6 Å². The molecule has 2 heterocycles. The first kappa shape index (κ1) is 14.8. The van der Waals surface area contributed by atoms with Crippen LogP contribution in [0.15, 0.2) is 48.7 Å². The van der Waals surface area contributed by atoms with Crippen LogP contribution in [0.1, 0.15) is 34.8 Å². The Hall–Kier alpha value is -2.82. The molecule has 0 unspecified atom stereocenters. The van der Waals surface area contributed by atoms with Crippen LogP contribution in [0.2, 0.25) is 0 Å². The van der Waals surface area contributed by atoms with Crippen LogP contribution in [-0.4, -0.2) is 34.7 Å². The number of carbonyl (C=O) groups is 1. The highest BCUT2D eigenvalue weighted by molar-refractivity contribution is 6.05. The minimum Gasteiger partial charge on any atom is -0.497 e. The number of hydrogen-bond acceptors (Lipinski definition) is 3. The number of rotatable bonds is 3. The fourth-order valence-electron chi connectivity index (χ4n) is 3.51. The second kappa shape index (κ2) is 6.00. The third-order valence-corrected chi connectivity index (χ3v) is 4.70. The summed E-state index contributed by atoms with van der Waals surface area (Å²) in [4.78, 5) is 15.1. The average Bonchev–Trinajstić information content (AvgIpc) is 3.29. The van der Waals surface area contributed by atoms with Gasteiger partial charge in [-0.25, -0.2) is 0 Å². The molecule has 0 spiro atoms. The first-order chi connectivity index (χ1) is 11.8. The maximum Gasteiger partial charge on any atom is 0.256 e. The molecule has 2 aromatic carbocycles. The molecule has 5 heteroatoms. The lowest BCUT2D eigenvalue weighted by Crippen LogP contribution is -2.30. The van der Waals surface area contributed by atoms with Gasteiger partial charge in [0.1, 0.15) is 5.75 Å². The summed E-state index contributed by atoms with van der Waals surface area (Å²) < 4.78 is 5.33. The van der Waals surface area contributed by atoms with Crippen molar-refractivity contribution < 1.29 is 9.53 Å². The Morgan fingerprint density at radius 1 is 1.29 bits per heavy atom. The molecule has 24 heavy (non-hydrogen) atoms. The van der Waals surface area contributed by atoms with Crippen molar-refractivity contribution in [2.24, 2.45) is 0 Å². The van der Waals surface area contributed by atoms with Crippen molar-refractivity contribution in [2.45, 2.75) is 18.9 Å². The zero-order valence-corrected chi connectivity index (χ0v) is 13.5. The molecule has 1 saturated heterocycles. The molecule has 1 aromatic heterocycles. The van der Waals surface area contributed by atoms with Crippen LogP contribution in [0.25, 0.3) is 10.9 Å². The molecule has 0 aliphatic carbocycles. The molecule has 1 aliphatic heterocycles. The molecule has 4 rings (SSSR count). The van der Waals surface area contributed by atoms with Crippen molar-refractivity contribution in [3.05, 3.63) is 59.8 Å². The molecule has 5 nitrogen and oxygen atoms in total. The molecule has 0 radical (unpaired) electrons. The molecule has 1 amide bonds. The highest BCUT2D eigenvalue weighted by Gasteiger charge is 2.31. The number of ether oxygens (including phenoxy) is 1. The van der Waals surface area contributed by atoms with Gasteiger partial charge in [-0.05, 0) is 36.6 Å². The van der Waals surface area contributed by atoms with E-state index in [4.69, 9.17) is 4.74 Å². The van der Waals surface area contributed by atoms with Gasteiger partial charge in [0, 0.05) is 11.9 Å². The van der Waals surface area contributed by atoms with Crippen molar-refractivity contribution in [2.75, 3.05) is 13.7 Å². The van der Waals surface area contributed by atoms with Crippen molar-refractivity contribution >= 4 is 16.8 Å². The van der Waals surface area contributed by atoms with Crippen LogP contribution in [0.3, 0.4) is 0 Å². The van der Waals surface area contributed by atoms with Crippen LogP contribution in [0.4, 0.5) is 0 Å². The van der Waals surface area contributed by atoms with E-state index in [0.29, 0.717) is 5.56 Å². The Morgan fingerprint density at radius 2 is 2.17 bits per heavy atom. The van der Waals surface area contributed by atoms with Crippen LogP contribution < -0.4 is 4.74 Å². The number of hydrogen-bond donors (Lipinski definition) is 1. The number of para-hydroxylation sites is 1. The summed E-state index contributed by atoms with van der Waals surface area (Å²) in [6, 6.07) is 13.8. The van der Waals surface area contributed by atoms with Gasteiger partial charge >= 0.3 is 0 Å². The molecule has 122 valence electrons. The summed E-state index contributed by atoms with van der Waals surface area (Å²) in [6.07, 6.45) is 3.72. The zero-order chi connectivity index (χ0) is 16.5. The Balaban J connectivity index is 1.69. The van der Waals surface area contributed by atoms with Gasteiger partial charge in [0.05, 0.1) is 30.4 Å². The van der Waals surface area contributed by atoms with E-state index >= 15 is 0 Å². The maximum atomic E-state index is 13.1. The van der Waals surface area contributed by atoms with Gasteiger partial charge in [-0.15, -0.1) is 0 Å². The van der Waals surface area contributed by atoms with E-state index < -0.39 is 0 Å². The normalized spacial score (nSPS) is 17.4. The van der Waals surface area contributed by atoms with Crippen LogP contribution in [0.5, 0.6) is 5.75 Å². The smallest absolute Gasteiger partial charge is 0.256 e. The predicted molar refractivity (Wildman–Crippen MR) is 92.1 cm³/mol. The van der Waals surface area contributed by atoms with E-state index in [1.807, 2.05) is 41.3 Å². The van der Waals surface area contributed by atoms with Crippen molar-refractivity contribution in [1.82, 2.24) is 15.1 Å². The van der Waals surface area contributed by atoms with Crippen LogP contribution >= 0.6 is 0 Å². The van der Waals surface area contributed by atoms with Crippen molar-refractivity contribution in [1.29, 1.82) is 0 Å². The molecule has 1 N–H and O–H groups in total. The van der Waals surface area contributed by atoms with Gasteiger partial charge in [-0.1, -0.05) is 24.3 Å². The van der Waals surface area contributed by atoms with Crippen molar-refractivity contribution in [3.8, 4) is 5.75 Å². The predicted octanol–water partition coefficient (Wildman–Crippen LogP) is 3.55. The number of methoxy groups -OCH3 is 1. The highest BCUT2D eigenvalue weighted by atomic mass is 16.5. The number of aromatic nitrogens is 2. The SMILES string of the molecule is COc1cccc([C@@H]2CCCN2C(=O)c2cccc3cn[nH]c23)c1. The molecular formula is C19H19N3O2. The summed E-state index contributed by atoms with van der Waals surface area (Å²) in [5, 5.41) is 7.96. The lowest BCUT2D eigenvalue weighted by molar-refractivity contribution is 0.0737. The number of amides is 1. The topological polar surface area (TPSA) is 58.2 Å². The minimum absolute atomic E-state index is 0.0511. The number of fused-ring (bicyclic) bond motifs is 1. The van der Waals surface area contributed by atoms with E-state index in [9.17, 15) is 4.79 Å². The monoisotopic (exact) mass is 321 g/mol. The summed E-state index contributed by atoms with van der Waals surface area (Å²) in [7, 11) is 1.66. The Bertz CT molecular complexity index is 887. The fraction of sp³-hybridized carbons (Fsp3) is 0.263. The fourth-order valence-corrected chi connectivity index (χ4v) is 3.51. The van der Waals surface area contributed by atoms with E-state index in [-0.39, 0.29) is 11.9 Å². The molecule has 1 atom stereocenters. The minimum atomic E-state index is 0.0511. The van der Waals surface area contributed by atoms with Gasteiger partial charge in [-0.2, -0.15) is 5.10 Å². The zero-order valence-electron chi connectivity index (χ0n) is 13.5. The van der Waals surface area contributed by atoms with Gasteiger partial charge in [0.15, 0.2) is 0 Å². The largest absolute Gasteiger partial charge is 0.497 e. The third kappa shape index (κ3) is 2.42. The Kier molecular flexibility index (Phi) is 3.69. The third-order valence-electron chi connectivity index (χ3n) is 4.70. The van der Waals surface area contributed by atoms with Gasteiger partial charge < -0.3 is 9.64 Å². The number of nitrogens with zero attached hydrogens (tertiary/aromatic N) is 2. The van der Waals surface area contributed by atoms with Crippen LogP contribution in [-0.2, 0) is 0 Å². The number of aromatic amines is 1. The number of benzene rings is 2. The quantitative estimate of drug-likeness (QED) is 0.802. The first-order valence-corrected chi connectivity index (χ1v) is 8.15. The summed E-state index contributed by atoms with van der Waals surface area (Å²) >= 11 is 0. The van der Waals surface area contributed by atoms with E-state index in [1.165, 1.54) is 0 Å². The van der Waals surface area contributed by atoms with E-state index in [2.05, 4.69) is 16.3 Å². The molecule has 0 bridgehead atoms. The average molecular weight is 321 g/mol. The first-order valence-electron chi connectivity index (χ1n) is 8.15. The summed E-state index contributed by atoms with van der Waals surface area (Å²) in [5.41, 5.74) is 2.61. The highest BCUT2D eigenvalue weighted by Crippen LogP contribution is 2.35. The second-order valence-electron chi connectivity index (χ2n) is 6.07. The number of carbonyl (C=O) groups excluding carboxylic acids is 1. The number of H-pyrrole nitrogens is 1.